The van der Waals surface area contributed by atoms with Gasteiger partial charge in [0, 0.05) is 31.4 Å². The Balaban J connectivity index is 2.88. The van der Waals surface area contributed by atoms with Gasteiger partial charge in [-0.25, -0.2) is 4.98 Å². The van der Waals surface area contributed by atoms with E-state index in [9.17, 15) is 0 Å². The minimum atomic E-state index is 0.142. The molecule has 1 rings (SSSR count). The van der Waals surface area contributed by atoms with Crippen molar-refractivity contribution in [3.8, 4) is 6.07 Å². The smallest absolute Gasteiger partial charge is 0.224 e. The first kappa shape index (κ1) is 14.2. The molecule has 0 saturated carbocycles. The Morgan fingerprint density at radius 3 is 2.83 bits per heavy atom. The summed E-state index contributed by atoms with van der Waals surface area (Å²) in [6.07, 6.45) is 1.52. The Morgan fingerprint density at radius 1 is 1.50 bits per heavy atom. The molecule has 0 amide bonds. The quantitative estimate of drug-likeness (QED) is 0.836. The zero-order valence-corrected chi connectivity index (χ0v) is 11.6. The van der Waals surface area contributed by atoms with Gasteiger partial charge >= 0.3 is 0 Å². The Labute approximate surface area is 109 Å². The number of aromatic nitrogens is 2. The maximum absolute atomic E-state index is 8.74. The summed E-state index contributed by atoms with van der Waals surface area (Å²) in [5, 5.41) is 11.9. The van der Waals surface area contributed by atoms with Crippen molar-refractivity contribution >= 4 is 11.8 Å². The standard InChI is InChI=1S/C13H21N5/c1-5-8-15-13-16-10(2)9-12(17-13)18(4)11(3)6-7-14/h9,11H,5-6,8H2,1-4H3,(H,15,16,17). The van der Waals surface area contributed by atoms with Gasteiger partial charge in [0.15, 0.2) is 0 Å². The third-order valence-electron chi connectivity index (χ3n) is 2.78. The molecular weight excluding hydrogens is 226 g/mol. The van der Waals surface area contributed by atoms with Gasteiger partial charge in [-0.1, -0.05) is 6.92 Å². The number of nitrogens with zero attached hydrogens (tertiary/aromatic N) is 4. The van der Waals surface area contributed by atoms with E-state index in [1.807, 2.05) is 31.9 Å². The summed E-state index contributed by atoms with van der Waals surface area (Å²) in [5.74, 6) is 1.51. The normalized spacial score (nSPS) is 11.7. The number of nitriles is 1. The van der Waals surface area contributed by atoms with E-state index in [2.05, 4.69) is 28.3 Å². The summed E-state index contributed by atoms with van der Waals surface area (Å²) >= 11 is 0. The fourth-order valence-electron chi connectivity index (χ4n) is 1.54. The number of anilines is 2. The maximum Gasteiger partial charge on any atom is 0.224 e. The van der Waals surface area contributed by atoms with Gasteiger partial charge in [0.25, 0.3) is 0 Å². The van der Waals surface area contributed by atoms with Crippen molar-refractivity contribution in [2.45, 2.75) is 39.7 Å². The van der Waals surface area contributed by atoms with Crippen LogP contribution in [0.4, 0.5) is 11.8 Å². The number of hydrogen-bond donors (Lipinski definition) is 1. The number of hydrogen-bond acceptors (Lipinski definition) is 5. The highest BCUT2D eigenvalue weighted by molar-refractivity contribution is 5.45. The summed E-state index contributed by atoms with van der Waals surface area (Å²) in [4.78, 5) is 10.8. The third kappa shape index (κ3) is 3.88. The Morgan fingerprint density at radius 2 is 2.22 bits per heavy atom. The van der Waals surface area contributed by atoms with E-state index >= 15 is 0 Å². The van der Waals surface area contributed by atoms with E-state index in [4.69, 9.17) is 5.26 Å². The molecule has 5 nitrogen and oxygen atoms in total. The van der Waals surface area contributed by atoms with Gasteiger partial charge in [0.1, 0.15) is 5.82 Å². The molecule has 0 spiro atoms. The lowest BCUT2D eigenvalue weighted by Gasteiger charge is -2.24. The molecule has 0 aliphatic heterocycles. The van der Waals surface area contributed by atoms with Crippen LogP contribution in [0.15, 0.2) is 6.07 Å². The Hall–Kier alpha value is -1.83. The van der Waals surface area contributed by atoms with Crippen LogP contribution in [0, 0.1) is 18.3 Å². The molecule has 1 aromatic rings. The largest absolute Gasteiger partial charge is 0.356 e. The molecule has 98 valence electrons. The van der Waals surface area contributed by atoms with E-state index in [0.29, 0.717) is 12.4 Å². The van der Waals surface area contributed by atoms with Crippen molar-refractivity contribution in [2.24, 2.45) is 0 Å². The molecule has 5 heteroatoms. The van der Waals surface area contributed by atoms with Crippen LogP contribution in [-0.4, -0.2) is 29.6 Å². The topological polar surface area (TPSA) is 64.8 Å². The molecule has 0 aromatic carbocycles. The fraction of sp³-hybridized carbons (Fsp3) is 0.615. The van der Waals surface area contributed by atoms with Crippen molar-refractivity contribution in [1.82, 2.24) is 9.97 Å². The minimum absolute atomic E-state index is 0.142. The van der Waals surface area contributed by atoms with Gasteiger partial charge in [-0.3, -0.25) is 0 Å². The Bertz CT molecular complexity index is 424. The molecule has 0 bridgehead atoms. The van der Waals surface area contributed by atoms with E-state index in [1.165, 1.54) is 0 Å². The van der Waals surface area contributed by atoms with E-state index in [-0.39, 0.29) is 6.04 Å². The lowest BCUT2D eigenvalue weighted by molar-refractivity contribution is 0.692. The first-order chi connectivity index (χ1) is 8.58. The van der Waals surface area contributed by atoms with Gasteiger partial charge in [0.05, 0.1) is 12.5 Å². The second kappa shape index (κ2) is 6.80. The minimum Gasteiger partial charge on any atom is -0.356 e. The molecule has 0 fully saturated rings. The average molecular weight is 247 g/mol. The van der Waals surface area contributed by atoms with Crippen molar-refractivity contribution in [3.63, 3.8) is 0 Å². The highest BCUT2D eigenvalue weighted by atomic mass is 15.2. The lowest BCUT2D eigenvalue weighted by Crippen LogP contribution is -2.29. The molecular formula is C13H21N5. The second-order valence-electron chi connectivity index (χ2n) is 4.44. The van der Waals surface area contributed by atoms with Gasteiger partial charge in [-0.2, -0.15) is 10.2 Å². The average Bonchev–Trinajstić information content (AvgIpc) is 2.35. The van der Waals surface area contributed by atoms with Crippen LogP contribution in [0.3, 0.4) is 0 Å². The van der Waals surface area contributed by atoms with Crippen molar-refractivity contribution in [1.29, 1.82) is 5.26 Å². The highest BCUT2D eigenvalue weighted by Crippen LogP contribution is 2.16. The second-order valence-corrected chi connectivity index (χ2v) is 4.44. The summed E-state index contributed by atoms with van der Waals surface area (Å²) in [6.45, 7) is 6.93. The monoisotopic (exact) mass is 247 g/mol. The van der Waals surface area contributed by atoms with Gasteiger partial charge < -0.3 is 10.2 Å². The van der Waals surface area contributed by atoms with Crippen LogP contribution < -0.4 is 10.2 Å². The van der Waals surface area contributed by atoms with Crippen molar-refractivity contribution in [3.05, 3.63) is 11.8 Å². The predicted molar refractivity (Wildman–Crippen MR) is 73.6 cm³/mol. The van der Waals surface area contributed by atoms with Gasteiger partial charge in [-0.15, -0.1) is 0 Å². The summed E-state index contributed by atoms with van der Waals surface area (Å²) in [6, 6.07) is 4.26. The highest BCUT2D eigenvalue weighted by Gasteiger charge is 2.12. The van der Waals surface area contributed by atoms with Crippen LogP contribution in [0.1, 0.15) is 32.4 Å². The Kier molecular flexibility index (Phi) is 5.37. The lowest BCUT2D eigenvalue weighted by atomic mass is 10.2. The molecule has 1 N–H and O–H groups in total. The van der Waals surface area contributed by atoms with Crippen LogP contribution in [0.5, 0.6) is 0 Å². The van der Waals surface area contributed by atoms with Gasteiger partial charge in [-0.05, 0) is 20.3 Å². The van der Waals surface area contributed by atoms with E-state index in [0.717, 1.165) is 24.5 Å². The van der Waals surface area contributed by atoms with Gasteiger partial charge in [0.2, 0.25) is 5.95 Å². The molecule has 18 heavy (non-hydrogen) atoms. The van der Waals surface area contributed by atoms with Crippen LogP contribution in [-0.2, 0) is 0 Å². The molecule has 1 heterocycles. The molecule has 1 unspecified atom stereocenters. The van der Waals surface area contributed by atoms with Crippen molar-refractivity contribution < 1.29 is 0 Å². The van der Waals surface area contributed by atoms with Crippen LogP contribution in [0.25, 0.3) is 0 Å². The van der Waals surface area contributed by atoms with Crippen LogP contribution in [0.2, 0.25) is 0 Å². The fourth-order valence-corrected chi connectivity index (χ4v) is 1.54. The summed E-state index contributed by atoms with van der Waals surface area (Å²) in [7, 11) is 1.95. The summed E-state index contributed by atoms with van der Waals surface area (Å²) < 4.78 is 0. The SMILES string of the molecule is CCCNc1nc(C)cc(N(C)C(C)CC#N)n1. The van der Waals surface area contributed by atoms with Crippen molar-refractivity contribution in [2.75, 3.05) is 23.8 Å². The molecule has 0 radical (unpaired) electrons. The molecule has 0 aliphatic rings. The molecule has 0 saturated heterocycles. The third-order valence-corrected chi connectivity index (χ3v) is 2.78. The zero-order valence-electron chi connectivity index (χ0n) is 11.6. The van der Waals surface area contributed by atoms with Crippen LogP contribution >= 0.6 is 0 Å². The summed E-state index contributed by atoms with van der Waals surface area (Å²) in [5.41, 5.74) is 0.926. The number of aryl methyl sites for hydroxylation is 1. The molecule has 1 atom stereocenters. The first-order valence-electron chi connectivity index (χ1n) is 6.27. The number of nitrogens with one attached hydrogen (secondary N) is 1. The van der Waals surface area contributed by atoms with E-state index in [1.54, 1.807) is 0 Å². The van der Waals surface area contributed by atoms with E-state index < -0.39 is 0 Å². The zero-order chi connectivity index (χ0) is 13.5. The molecule has 0 aliphatic carbocycles. The maximum atomic E-state index is 8.74. The predicted octanol–water partition coefficient (Wildman–Crippen LogP) is 2.35. The molecule has 1 aromatic heterocycles. The first-order valence-corrected chi connectivity index (χ1v) is 6.27. The number of rotatable bonds is 6.